The molecule has 0 aliphatic rings. The van der Waals surface area contributed by atoms with Crippen molar-refractivity contribution < 1.29 is 28.0 Å². The van der Waals surface area contributed by atoms with Gasteiger partial charge in [0, 0.05) is 12.8 Å². The van der Waals surface area contributed by atoms with E-state index < -0.39 is 0 Å². The van der Waals surface area contributed by atoms with E-state index in [0.29, 0.717) is 19.3 Å². The van der Waals surface area contributed by atoms with E-state index in [0.717, 1.165) is 33.0 Å². The van der Waals surface area contributed by atoms with Crippen LogP contribution in [-0.4, -0.2) is 131 Å². The van der Waals surface area contributed by atoms with E-state index in [9.17, 15) is 5.11 Å². The lowest BCUT2D eigenvalue weighted by Crippen LogP contribution is -2.58. The Morgan fingerprint density at radius 1 is 0.697 bits per heavy atom. The third-order valence-corrected chi connectivity index (χ3v) is 7.77. The topological polar surface area (TPSA) is 38.7 Å². The van der Waals surface area contributed by atoms with Gasteiger partial charge in [-0.1, -0.05) is 14.4 Å². The van der Waals surface area contributed by atoms with Crippen molar-refractivity contribution >= 4 is 0 Å². The highest BCUT2D eigenvalue weighted by molar-refractivity contribution is 4.59. The number of ether oxygens (including phenoxy) is 2. The molecule has 33 heavy (non-hydrogen) atoms. The molecule has 0 saturated carbocycles. The largest absolute Gasteiger partial charge is 0.391 e. The van der Waals surface area contributed by atoms with Crippen molar-refractivity contribution in [3.63, 3.8) is 0 Å². The zero-order valence-electron chi connectivity index (χ0n) is 23.5. The first kappa shape index (κ1) is 34.9. The number of nitrogens with zero attached hydrogens (tertiary/aromatic N) is 3. The van der Waals surface area contributed by atoms with Gasteiger partial charge < -0.3 is 28.0 Å². The molecule has 0 aliphatic heterocycles. The monoisotopic (exact) mass is 478 g/mol. The van der Waals surface area contributed by atoms with Crippen LogP contribution in [0.1, 0.15) is 68.2 Å². The molecule has 6 nitrogen and oxygen atoms in total. The molecule has 1 N–H and O–H groups in total. The van der Waals surface area contributed by atoms with Crippen molar-refractivity contribution in [2.45, 2.75) is 86.5 Å². The van der Waals surface area contributed by atoms with Crippen LogP contribution in [0.5, 0.6) is 0 Å². The maximum Gasteiger partial charge on any atom is 0.110 e. The molecule has 0 aromatic rings. The standard InChI is InChI=1S/C26H60N3O3.CH4/c1-11-26(30)23-31-22-25(6)32-21-24(5)29(14-4,19-15-17-27(7,8)12-2)20-16-18-28(9,10)13-3;/h24-26,30H,11-23H2,1-10H3;1H4/q+3;. The second kappa shape index (κ2) is 17.2. The van der Waals surface area contributed by atoms with E-state index in [4.69, 9.17) is 9.47 Å². The van der Waals surface area contributed by atoms with Crippen LogP contribution in [0.25, 0.3) is 0 Å². The smallest absolute Gasteiger partial charge is 0.110 e. The lowest BCUT2D eigenvalue weighted by molar-refractivity contribution is -0.957. The second-order valence-corrected chi connectivity index (χ2v) is 11.2. The molecule has 0 saturated heterocycles. The number of hydrogen-bond acceptors (Lipinski definition) is 3. The fourth-order valence-electron chi connectivity index (χ4n) is 4.12. The van der Waals surface area contributed by atoms with Crippen LogP contribution in [0, 0.1) is 0 Å². The Morgan fingerprint density at radius 2 is 1.18 bits per heavy atom. The first-order chi connectivity index (χ1) is 14.9. The molecule has 0 fully saturated rings. The molecule has 3 unspecified atom stereocenters. The van der Waals surface area contributed by atoms with E-state index in [1.807, 2.05) is 6.92 Å². The Balaban J connectivity index is 0. The minimum absolute atomic E-state index is 0. The van der Waals surface area contributed by atoms with Crippen LogP contribution in [0.15, 0.2) is 0 Å². The number of quaternary nitrogens is 3. The predicted octanol–water partition coefficient (Wildman–Crippen LogP) is 4.01. The minimum Gasteiger partial charge on any atom is -0.391 e. The van der Waals surface area contributed by atoms with E-state index in [2.05, 4.69) is 62.8 Å². The summed E-state index contributed by atoms with van der Waals surface area (Å²) in [5, 5.41) is 9.67. The number of aliphatic hydroxyl groups excluding tert-OH is 1. The maximum absolute atomic E-state index is 9.67. The van der Waals surface area contributed by atoms with E-state index in [1.54, 1.807) is 0 Å². The number of likely N-dealkylation sites (N-methyl/N-ethyl adjacent to an activating group) is 1. The lowest BCUT2D eigenvalue weighted by Gasteiger charge is -2.44. The van der Waals surface area contributed by atoms with Crippen LogP contribution in [0.2, 0.25) is 0 Å². The van der Waals surface area contributed by atoms with Gasteiger partial charge in [-0.05, 0) is 41.0 Å². The van der Waals surface area contributed by atoms with Crippen LogP contribution in [-0.2, 0) is 9.47 Å². The summed E-state index contributed by atoms with van der Waals surface area (Å²) in [5.41, 5.74) is 0. The molecule has 0 heterocycles. The Hall–Kier alpha value is -0.240. The molecule has 6 heteroatoms. The Kier molecular flexibility index (Phi) is 18.2. The molecule has 0 spiro atoms. The lowest BCUT2D eigenvalue weighted by atomic mass is 10.1. The van der Waals surface area contributed by atoms with Gasteiger partial charge in [-0.2, -0.15) is 0 Å². The SMILES string of the molecule is C.CCC(O)COCC(C)OCC(C)[N+](CC)(CCC[N+](C)(C)CC)CCC[N+](C)(C)CC. The summed E-state index contributed by atoms with van der Waals surface area (Å²) in [4.78, 5) is 0. The van der Waals surface area contributed by atoms with Crippen LogP contribution in [0.3, 0.4) is 0 Å². The number of hydrogen-bond donors (Lipinski definition) is 1. The normalized spacial score (nSPS) is 15.7. The van der Waals surface area contributed by atoms with Gasteiger partial charge in [0.1, 0.15) is 6.04 Å². The zero-order chi connectivity index (χ0) is 24.8. The maximum atomic E-state index is 9.67. The highest BCUT2D eigenvalue weighted by atomic mass is 16.5. The third kappa shape index (κ3) is 14.7. The highest BCUT2D eigenvalue weighted by Crippen LogP contribution is 2.19. The van der Waals surface area contributed by atoms with Crippen molar-refractivity contribution in [1.82, 2.24) is 0 Å². The van der Waals surface area contributed by atoms with E-state index in [-0.39, 0.29) is 19.6 Å². The summed E-state index contributed by atoms with van der Waals surface area (Å²) in [6.07, 6.45) is 2.90. The summed E-state index contributed by atoms with van der Waals surface area (Å²) in [6, 6.07) is 0.457. The van der Waals surface area contributed by atoms with Crippen molar-refractivity contribution in [2.24, 2.45) is 0 Å². The molecule has 3 atom stereocenters. The van der Waals surface area contributed by atoms with Gasteiger partial charge >= 0.3 is 0 Å². The summed E-state index contributed by atoms with van der Waals surface area (Å²) in [5.74, 6) is 0. The van der Waals surface area contributed by atoms with Gasteiger partial charge in [-0.25, -0.2) is 0 Å². The van der Waals surface area contributed by atoms with Crippen molar-refractivity contribution in [1.29, 1.82) is 0 Å². The molecular formula is C27H64N3O3+3. The fraction of sp³-hybridized carbons (Fsp3) is 1.00. The van der Waals surface area contributed by atoms with E-state index in [1.165, 1.54) is 52.1 Å². The van der Waals surface area contributed by atoms with Gasteiger partial charge in [0.2, 0.25) is 0 Å². The Morgan fingerprint density at radius 3 is 1.58 bits per heavy atom. The van der Waals surface area contributed by atoms with Gasteiger partial charge in [0.25, 0.3) is 0 Å². The van der Waals surface area contributed by atoms with Crippen LogP contribution < -0.4 is 0 Å². The van der Waals surface area contributed by atoms with Gasteiger partial charge in [0.15, 0.2) is 0 Å². The molecule has 0 aromatic heterocycles. The van der Waals surface area contributed by atoms with Gasteiger partial charge in [-0.3, -0.25) is 0 Å². The molecule has 0 radical (unpaired) electrons. The molecule has 202 valence electrons. The number of rotatable bonds is 20. The molecule has 0 amide bonds. The minimum atomic E-state index is -0.373. The average molecular weight is 479 g/mol. The van der Waals surface area contributed by atoms with E-state index >= 15 is 0 Å². The molecule has 0 aromatic carbocycles. The zero-order valence-corrected chi connectivity index (χ0v) is 23.5. The number of aliphatic hydroxyl groups is 1. The second-order valence-electron chi connectivity index (χ2n) is 11.2. The molecule has 0 aliphatic carbocycles. The first-order valence-corrected chi connectivity index (χ1v) is 13.2. The Bertz CT molecular complexity index is 450. The summed E-state index contributed by atoms with van der Waals surface area (Å²) >= 11 is 0. The van der Waals surface area contributed by atoms with Crippen LogP contribution in [0.4, 0.5) is 0 Å². The molecule has 0 rings (SSSR count). The van der Waals surface area contributed by atoms with Crippen molar-refractivity contribution in [3.05, 3.63) is 0 Å². The Labute approximate surface area is 208 Å². The van der Waals surface area contributed by atoms with Gasteiger partial charge in [-0.15, -0.1) is 0 Å². The third-order valence-electron chi connectivity index (χ3n) is 7.77. The summed E-state index contributed by atoms with van der Waals surface area (Å²) in [6.45, 7) is 23.4. The predicted molar refractivity (Wildman–Crippen MR) is 144 cm³/mol. The van der Waals surface area contributed by atoms with Crippen LogP contribution >= 0.6 is 0 Å². The average Bonchev–Trinajstić information content (AvgIpc) is 2.75. The fourth-order valence-corrected chi connectivity index (χ4v) is 4.12. The summed E-state index contributed by atoms with van der Waals surface area (Å²) < 4.78 is 15.2. The highest BCUT2D eigenvalue weighted by Gasteiger charge is 2.33. The quantitative estimate of drug-likeness (QED) is 0.269. The molecular weight excluding hydrogens is 414 g/mol. The van der Waals surface area contributed by atoms with Gasteiger partial charge in [0.05, 0.1) is 106 Å². The van der Waals surface area contributed by atoms with Crippen molar-refractivity contribution in [3.8, 4) is 0 Å². The molecule has 0 bridgehead atoms. The van der Waals surface area contributed by atoms with Crippen molar-refractivity contribution in [2.75, 3.05) is 93.8 Å². The summed E-state index contributed by atoms with van der Waals surface area (Å²) in [7, 11) is 9.36. The first-order valence-electron chi connectivity index (χ1n) is 13.2.